The van der Waals surface area contributed by atoms with Gasteiger partial charge >= 0.3 is 12.2 Å². The maximum Gasteiger partial charge on any atom is 0.421 e. The lowest BCUT2D eigenvalue weighted by molar-refractivity contribution is -0.137. The molecule has 9 nitrogen and oxygen atoms in total. The van der Waals surface area contributed by atoms with Crippen molar-refractivity contribution in [2.24, 2.45) is 0 Å². The predicted molar refractivity (Wildman–Crippen MR) is 141 cm³/mol. The summed E-state index contributed by atoms with van der Waals surface area (Å²) < 4.78 is 61.6. The molecule has 2 aromatic carbocycles. The zero-order valence-corrected chi connectivity index (χ0v) is 21.1. The molecule has 5 aromatic rings. The number of nitrogen functional groups attached to an aromatic ring is 1. The average Bonchev–Trinajstić information content (AvgIpc) is 2.92. The van der Waals surface area contributed by atoms with Crippen molar-refractivity contribution in [1.82, 2.24) is 24.5 Å². The van der Waals surface area contributed by atoms with Gasteiger partial charge in [0.15, 0.2) is 0 Å². The Morgan fingerprint density at radius 3 is 2.42 bits per heavy atom. The molecule has 0 radical (unpaired) electrons. The standard InChI is InChI=1S/C27H21F4N7O2/c1-14(36-23-20(27(29,30)31)13-33-25(32)37-23)21-9-15-5-3-8-19(16-11-34-26(40-2)35-12-16)22(15)24(39)38(21)18-7-4-6-17(28)10-18/h3-14H,1-2H3,(H3,32,33,36,37)/t14-/m0/s1. The number of fused-ring (bicyclic) bond motifs is 1. The van der Waals surface area contributed by atoms with Gasteiger partial charge in [0.1, 0.15) is 17.2 Å². The molecule has 0 saturated carbocycles. The maximum absolute atomic E-state index is 14.3. The molecule has 0 amide bonds. The summed E-state index contributed by atoms with van der Waals surface area (Å²) in [7, 11) is 1.43. The highest BCUT2D eigenvalue weighted by molar-refractivity contribution is 5.96. The van der Waals surface area contributed by atoms with Crippen LogP contribution in [0, 0.1) is 5.82 Å². The first-order valence-corrected chi connectivity index (χ1v) is 11.8. The number of aromatic nitrogens is 5. The molecule has 0 bridgehead atoms. The Labute approximate surface area is 224 Å². The SMILES string of the molecule is COc1ncc(-c2cccc3cc([C@H](C)Nc4nc(N)ncc4C(F)(F)F)n(-c4cccc(F)c4)c(=O)c23)cn1. The van der Waals surface area contributed by atoms with E-state index in [1.807, 2.05) is 0 Å². The van der Waals surface area contributed by atoms with Gasteiger partial charge in [-0.1, -0.05) is 24.3 Å². The van der Waals surface area contributed by atoms with Crippen molar-refractivity contribution in [3.05, 3.63) is 94.5 Å². The molecular weight excluding hydrogens is 530 g/mol. The summed E-state index contributed by atoms with van der Waals surface area (Å²) in [6.45, 7) is 1.55. The molecule has 3 aromatic heterocycles. The number of benzene rings is 2. The van der Waals surface area contributed by atoms with Gasteiger partial charge in [0, 0.05) is 29.8 Å². The van der Waals surface area contributed by atoms with Crippen LogP contribution in [0.25, 0.3) is 27.6 Å². The van der Waals surface area contributed by atoms with Crippen molar-refractivity contribution in [3.8, 4) is 22.8 Å². The van der Waals surface area contributed by atoms with Crippen molar-refractivity contribution >= 4 is 22.5 Å². The van der Waals surface area contributed by atoms with Crippen molar-refractivity contribution in [1.29, 1.82) is 0 Å². The molecule has 204 valence electrons. The fourth-order valence-corrected chi connectivity index (χ4v) is 4.38. The lowest BCUT2D eigenvalue weighted by Crippen LogP contribution is -2.26. The minimum Gasteiger partial charge on any atom is -0.467 e. The molecule has 13 heteroatoms. The first-order valence-electron chi connectivity index (χ1n) is 11.8. The highest BCUT2D eigenvalue weighted by Crippen LogP contribution is 2.36. The third-order valence-corrected chi connectivity index (χ3v) is 6.17. The van der Waals surface area contributed by atoms with E-state index in [-0.39, 0.29) is 28.7 Å². The summed E-state index contributed by atoms with van der Waals surface area (Å²) in [5, 5.41) is 3.48. The van der Waals surface area contributed by atoms with Crippen LogP contribution in [-0.4, -0.2) is 31.6 Å². The number of anilines is 2. The quantitative estimate of drug-likeness (QED) is 0.278. The third kappa shape index (κ3) is 5.00. The molecular formula is C27H21F4N7O2. The number of nitrogens with zero attached hydrogens (tertiary/aromatic N) is 5. The zero-order valence-electron chi connectivity index (χ0n) is 21.1. The first-order chi connectivity index (χ1) is 19.1. The molecule has 1 atom stereocenters. The lowest BCUT2D eigenvalue weighted by atomic mass is 9.99. The Hall–Kier alpha value is -5.07. The Bertz CT molecular complexity index is 1770. The molecule has 0 spiro atoms. The minimum atomic E-state index is -4.77. The van der Waals surface area contributed by atoms with Crippen LogP contribution in [-0.2, 0) is 6.18 Å². The van der Waals surface area contributed by atoms with Gasteiger partial charge < -0.3 is 15.8 Å². The van der Waals surface area contributed by atoms with Crippen molar-refractivity contribution < 1.29 is 22.3 Å². The molecule has 0 unspecified atom stereocenters. The van der Waals surface area contributed by atoms with E-state index >= 15 is 0 Å². The largest absolute Gasteiger partial charge is 0.467 e. The van der Waals surface area contributed by atoms with Gasteiger partial charge in [0.2, 0.25) is 5.95 Å². The Balaban J connectivity index is 1.74. The van der Waals surface area contributed by atoms with E-state index in [9.17, 15) is 22.4 Å². The number of pyridine rings is 1. The zero-order chi connectivity index (χ0) is 28.6. The van der Waals surface area contributed by atoms with Crippen LogP contribution in [0.5, 0.6) is 6.01 Å². The van der Waals surface area contributed by atoms with Gasteiger partial charge in [0.25, 0.3) is 5.56 Å². The summed E-state index contributed by atoms with van der Waals surface area (Å²) in [5.41, 5.74) is 5.36. The van der Waals surface area contributed by atoms with Gasteiger partial charge in [-0.15, -0.1) is 0 Å². The number of hydrogen-bond acceptors (Lipinski definition) is 8. The van der Waals surface area contributed by atoms with E-state index in [4.69, 9.17) is 10.5 Å². The van der Waals surface area contributed by atoms with E-state index in [2.05, 4.69) is 25.3 Å². The van der Waals surface area contributed by atoms with Gasteiger partial charge in [-0.25, -0.2) is 19.3 Å². The summed E-state index contributed by atoms with van der Waals surface area (Å²) in [6, 6.07) is 11.3. The third-order valence-electron chi connectivity index (χ3n) is 6.17. The van der Waals surface area contributed by atoms with Crippen LogP contribution >= 0.6 is 0 Å². The number of hydrogen-bond donors (Lipinski definition) is 2. The second-order valence-electron chi connectivity index (χ2n) is 8.77. The van der Waals surface area contributed by atoms with Crippen molar-refractivity contribution in [2.75, 3.05) is 18.2 Å². The fourth-order valence-electron chi connectivity index (χ4n) is 4.38. The molecule has 0 aliphatic heterocycles. The van der Waals surface area contributed by atoms with Crippen LogP contribution in [0.1, 0.15) is 24.2 Å². The van der Waals surface area contributed by atoms with Crippen molar-refractivity contribution in [3.63, 3.8) is 0 Å². The molecule has 0 saturated heterocycles. The Morgan fingerprint density at radius 1 is 1.02 bits per heavy atom. The highest BCUT2D eigenvalue weighted by atomic mass is 19.4. The van der Waals surface area contributed by atoms with Gasteiger partial charge in [0.05, 0.1) is 24.2 Å². The number of nitrogens with two attached hydrogens (primary N) is 1. The topological polar surface area (TPSA) is 121 Å². The molecule has 0 aliphatic carbocycles. The van der Waals surface area contributed by atoms with E-state index in [0.29, 0.717) is 22.7 Å². The summed E-state index contributed by atoms with van der Waals surface area (Å²) in [6.07, 6.45) is -1.18. The number of halogens is 4. The number of methoxy groups -OCH3 is 1. The number of ether oxygens (including phenoxy) is 1. The Kier molecular flexibility index (Phi) is 6.80. The number of rotatable bonds is 6. The molecule has 0 aliphatic rings. The second kappa shape index (κ2) is 10.2. The summed E-state index contributed by atoms with van der Waals surface area (Å²) >= 11 is 0. The predicted octanol–water partition coefficient (Wildman–Crippen LogP) is 5.16. The van der Waals surface area contributed by atoms with Gasteiger partial charge in [-0.3, -0.25) is 9.36 Å². The van der Waals surface area contributed by atoms with Gasteiger partial charge in [-0.05, 0) is 42.1 Å². The fraction of sp³-hybridized carbons (Fsp3) is 0.148. The number of alkyl halides is 3. The minimum absolute atomic E-state index is 0.145. The summed E-state index contributed by atoms with van der Waals surface area (Å²) in [4.78, 5) is 29.6. The second-order valence-corrected chi connectivity index (χ2v) is 8.77. The van der Waals surface area contributed by atoms with Crippen LogP contribution in [0.2, 0.25) is 0 Å². The van der Waals surface area contributed by atoms with Crippen LogP contribution in [0.15, 0.2) is 71.9 Å². The normalized spacial score (nSPS) is 12.3. The van der Waals surface area contributed by atoms with Crippen LogP contribution < -0.4 is 21.3 Å². The van der Waals surface area contributed by atoms with E-state index in [1.54, 1.807) is 31.2 Å². The van der Waals surface area contributed by atoms with E-state index in [0.717, 1.165) is 6.07 Å². The molecule has 3 heterocycles. The van der Waals surface area contributed by atoms with Crippen molar-refractivity contribution in [2.45, 2.75) is 19.1 Å². The highest BCUT2D eigenvalue weighted by Gasteiger charge is 2.36. The van der Waals surface area contributed by atoms with E-state index in [1.165, 1.54) is 42.3 Å². The number of nitrogens with one attached hydrogen (secondary N) is 1. The molecule has 0 fully saturated rings. The molecule has 5 rings (SSSR count). The van der Waals surface area contributed by atoms with Gasteiger partial charge in [-0.2, -0.15) is 18.2 Å². The first kappa shape index (κ1) is 26.5. The smallest absolute Gasteiger partial charge is 0.421 e. The van der Waals surface area contributed by atoms with E-state index < -0.39 is 35.0 Å². The Morgan fingerprint density at radius 2 is 1.75 bits per heavy atom. The molecule has 40 heavy (non-hydrogen) atoms. The summed E-state index contributed by atoms with van der Waals surface area (Å²) in [5.74, 6) is -1.53. The molecule has 3 N–H and O–H groups in total. The maximum atomic E-state index is 14.3. The van der Waals surface area contributed by atoms with Crippen LogP contribution in [0.4, 0.5) is 29.3 Å². The van der Waals surface area contributed by atoms with Crippen LogP contribution in [0.3, 0.4) is 0 Å². The average molecular weight is 552 g/mol. The lowest BCUT2D eigenvalue weighted by Gasteiger charge is -2.23. The monoisotopic (exact) mass is 551 g/mol.